The van der Waals surface area contributed by atoms with Crippen molar-refractivity contribution in [3.8, 4) is 0 Å². The molecule has 1 aliphatic rings. The smallest absolute Gasteiger partial charge is 0.176 e. The molecule has 1 rings (SSSR count). The molecular weight excluding hydrogens is 131 g/mol. The Bertz CT molecular complexity index is 94.9. The molecule has 0 aliphatic carbocycles. The molecule has 4 heteroatoms. The summed E-state index contributed by atoms with van der Waals surface area (Å²) in [5.74, 6) is 0. The molecule has 1 aliphatic heterocycles. The van der Waals surface area contributed by atoms with Crippen molar-refractivity contribution in [2.24, 2.45) is 0 Å². The van der Waals surface area contributed by atoms with Crippen molar-refractivity contribution >= 4 is 19.0 Å². The summed E-state index contributed by atoms with van der Waals surface area (Å²) in [4.78, 5) is 0. The predicted octanol–water partition coefficient (Wildman–Crippen LogP) is 0.928. The van der Waals surface area contributed by atoms with E-state index in [1.165, 1.54) is 0 Å². The molecule has 0 aromatic heterocycles. The lowest BCUT2D eigenvalue weighted by Crippen LogP contribution is -1.99. The van der Waals surface area contributed by atoms with E-state index in [9.17, 15) is 0 Å². The Kier molecular flexibility index (Phi) is 1.81. The average Bonchev–Trinajstić information content (AvgIpc) is 1.87. The molecule has 1 saturated heterocycles. The van der Waals surface area contributed by atoms with Crippen molar-refractivity contribution in [3.63, 3.8) is 0 Å². The lowest BCUT2D eigenvalue weighted by Gasteiger charge is -1.91. The van der Waals surface area contributed by atoms with E-state index in [4.69, 9.17) is 20.9 Å². The Hall–Kier alpha value is 0.570. The van der Waals surface area contributed by atoms with E-state index in [1.54, 1.807) is 0 Å². The Labute approximate surface area is 48.4 Å². The van der Waals surface area contributed by atoms with Gasteiger partial charge in [0.05, 0.1) is 12.7 Å². The SMILES string of the molecule is CC1CO[PH](=S)O1. The van der Waals surface area contributed by atoms with E-state index in [-0.39, 0.29) is 6.10 Å². The number of rotatable bonds is 0. The van der Waals surface area contributed by atoms with Gasteiger partial charge < -0.3 is 9.05 Å². The monoisotopic (exact) mass is 138 g/mol. The standard InChI is InChI=1S/C3H7O2PS/c1-3-2-4-6(7)5-3/h3,6H,2H2,1H3. The van der Waals surface area contributed by atoms with E-state index in [1.807, 2.05) is 6.92 Å². The summed E-state index contributed by atoms with van der Waals surface area (Å²) in [6.45, 7) is 2.65. The van der Waals surface area contributed by atoms with Crippen LogP contribution < -0.4 is 0 Å². The van der Waals surface area contributed by atoms with Crippen LogP contribution >= 0.6 is 7.15 Å². The van der Waals surface area contributed by atoms with Gasteiger partial charge in [-0.3, -0.25) is 0 Å². The largest absolute Gasteiger partial charge is 0.329 e. The molecule has 1 heterocycles. The molecular formula is C3H7O2PS. The first-order valence-electron chi connectivity index (χ1n) is 2.12. The van der Waals surface area contributed by atoms with Crippen molar-refractivity contribution in [2.75, 3.05) is 6.61 Å². The average molecular weight is 138 g/mol. The van der Waals surface area contributed by atoms with Crippen LogP contribution in [0.3, 0.4) is 0 Å². The third kappa shape index (κ3) is 1.50. The fourth-order valence-corrected chi connectivity index (χ4v) is 1.95. The molecule has 0 radical (unpaired) electrons. The van der Waals surface area contributed by atoms with Gasteiger partial charge in [-0.15, -0.1) is 0 Å². The first kappa shape index (κ1) is 5.70. The predicted molar refractivity (Wildman–Crippen MR) is 32.2 cm³/mol. The van der Waals surface area contributed by atoms with Crippen molar-refractivity contribution in [3.05, 3.63) is 0 Å². The molecule has 42 valence electrons. The van der Waals surface area contributed by atoms with Crippen LogP contribution in [0.2, 0.25) is 0 Å². The van der Waals surface area contributed by atoms with Crippen LogP contribution in [0, 0.1) is 0 Å². The van der Waals surface area contributed by atoms with Crippen LogP contribution in [0.1, 0.15) is 6.92 Å². The first-order chi connectivity index (χ1) is 3.29. The van der Waals surface area contributed by atoms with Gasteiger partial charge in [0.2, 0.25) is 0 Å². The molecule has 2 nitrogen and oxygen atoms in total. The minimum Gasteiger partial charge on any atom is -0.329 e. The Morgan fingerprint density at radius 3 is 2.71 bits per heavy atom. The topological polar surface area (TPSA) is 18.5 Å². The van der Waals surface area contributed by atoms with E-state index in [0.29, 0.717) is 6.61 Å². The maximum atomic E-state index is 5.06. The molecule has 0 spiro atoms. The second-order valence-corrected chi connectivity index (χ2v) is 3.51. The zero-order valence-corrected chi connectivity index (χ0v) is 5.83. The van der Waals surface area contributed by atoms with Gasteiger partial charge in [-0.05, 0) is 18.7 Å². The van der Waals surface area contributed by atoms with Gasteiger partial charge >= 0.3 is 0 Å². The molecule has 0 bridgehead atoms. The second-order valence-electron chi connectivity index (χ2n) is 1.49. The normalized spacial score (nSPS) is 41.9. The lowest BCUT2D eigenvalue weighted by molar-refractivity contribution is 0.263. The first-order valence-corrected chi connectivity index (χ1v) is 4.57. The van der Waals surface area contributed by atoms with Crippen LogP contribution in [0.25, 0.3) is 0 Å². The van der Waals surface area contributed by atoms with E-state index < -0.39 is 7.15 Å². The molecule has 0 saturated carbocycles. The van der Waals surface area contributed by atoms with Gasteiger partial charge in [-0.2, -0.15) is 0 Å². The quantitative estimate of drug-likeness (QED) is 0.464. The highest BCUT2D eigenvalue weighted by molar-refractivity contribution is 8.00. The minimum atomic E-state index is -1.22. The fourth-order valence-electron chi connectivity index (χ4n) is 0.418. The third-order valence-electron chi connectivity index (χ3n) is 0.733. The summed E-state index contributed by atoms with van der Waals surface area (Å²) in [5.41, 5.74) is 0. The highest BCUT2D eigenvalue weighted by atomic mass is 32.4. The summed E-state index contributed by atoms with van der Waals surface area (Å²) in [5, 5.41) is 0. The molecule has 0 aromatic carbocycles. The highest BCUT2D eigenvalue weighted by Gasteiger charge is 2.12. The van der Waals surface area contributed by atoms with Crippen LogP contribution in [0.15, 0.2) is 0 Å². The Balaban J connectivity index is 2.40. The molecule has 7 heavy (non-hydrogen) atoms. The maximum absolute atomic E-state index is 5.06. The number of hydrogen-bond acceptors (Lipinski definition) is 3. The molecule has 2 atom stereocenters. The van der Waals surface area contributed by atoms with Gasteiger partial charge in [0.25, 0.3) is 0 Å². The van der Waals surface area contributed by atoms with Crippen molar-refractivity contribution < 1.29 is 9.05 Å². The molecule has 0 N–H and O–H groups in total. The summed E-state index contributed by atoms with van der Waals surface area (Å²) in [6.07, 6.45) is 0.242. The van der Waals surface area contributed by atoms with Crippen LogP contribution in [0.4, 0.5) is 0 Å². The Morgan fingerprint density at radius 2 is 2.57 bits per heavy atom. The lowest BCUT2D eigenvalue weighted by atomic mass is 10.5. The summed E-state index contributed by atoms with van der Waals surface area (Å²) >= 11 is 4.74. The summed E-state index contributed by atoms with van der Waals surface area (Å²) in [7, 11) is -1.22. The van der Waals surface area contributed by atoms with Crippen molar-refractivity contribution in [1.29, 1.82) is 0 Å². The van der Waals surface area contributed by atoms with Gasteiger partial charge in [-0.25, -0.2) is 0 Å². The van der Waals surface area contributed by atoms with Gasteiger partial charge in [0.15, 0.2) is 7.15 Å². The van der Waals surface area contributed by atoms with Crippen LogP contribution in [-0.4, -0.2) is 12.7 Å². The summed E-state index contributed by atoms with van der Waals surface area (Å²) in [6, 6.07) is 0. The Morgan fingerprint density at radius 1 is 1.86 bits per heavy atom. The van der Waals surface area contributed by atoms with Gasteiger partial charge in [-0.1, -0.05) is 0 Å². The maximum Gasteiger partial charge on any atom is 0.176 e. The fraction of sp³-hybridized carbons (Fsp3) is 1.00. The van der Waals surface area contributed by atoms with Crippen molar-refractivity contribution in [1.82, 2.24) is 0 Å². The van der Waals surface area contributed by atoms with E-state index >= 15 is 0 Å². The highest BCUT2D eigenvalue weighted by Crippen LogP contribution is 2.32. The third-order valence-corrected chi connectivity index (χ3v) is 2.37. The minimum absolute atomic E-state index is 0.242. The summed E-state index contributed by atoms with van der Waals surface area (Å²) < 4.78 is 10.0. The van der Waals surface area contributed by atoms with Gasteiger partial charge in [0, 0.05) is 0 Å². The molecule has 1 fully saturated rings. The van der Waals surface area contributed by atoms with E-state index in [2.05, 4.69) is 0 Å². The number of hydrogen-bond donors (Lipinski definition) is 0. The van der Waals surface area contributed by atoms with Crippen LogP contribution in [-0.2, 0) is 20.9 Å². The van der Waals surface area contributed by atoms with Crippen molar-refractivity contribution in [2.45, 2.75) is 13.0 Å². The van der Waals surface area contributed by atoms with Crippen LogP contribution in [0.5, 0.6) is 0 Å². The zero-order valence-electron chi connectivity index (χ0n) is 4.01. The van der Waals surface area contributed by atoms with E-state index in [0.717, 1.165) is 0 Å². The second kappa shape index (κ2) is 2.23. The molecule has 2 unspecified atom stereocenters. The molecule has 0 amide bonds. The molecule has 0 aromatic rings. The van der Waals surface area contributed by atoms with Gasteiger partial charge in [0.1, 0.15) is 0 Å². The zero-order chi connectivity index (χ0) is 5.28.